The lowest BCUT2D eigenvalue weighted by Crippen LogP contribution is -2.11. The summed E-state index contributed by atoms with van der Waals surface area (Å²) in [7, 11) is 0. The number of rotatable bonds is 2. The normalized spacial score (nSPS) is 9.95. The van der Waals surface area contributed by atoms with Gasteiger partial charge in [-0.2, -0.15) is 5.26 Å². The van der Waals surface area contributed by atoms with Crippen LogP contribution in [0.1, 0.15) is 20.8 Å². The number of hydrogen-bond acceptors (Lipinski definition) is 4. The summed E-state index contributed by atoms with van der Waals surface area (Å²) in [5.41, 5.74) is 7.91. The van der Waals surface area contributed by atoms with E-state index in [0.29, 0.717) is 21.8 Å². The molecule has 2 aromatic rings. The lowest BCUT2D eigenvalue weighted by molar-refractivity contribution is 0.103. The molecule has 1 aromatic carbocycles. The summed E-state index contributed by atoms with van der Waals surface area (Å²) in [5, 5.41) is 11.7. The van der Waals surface area contributed by atoms with Crippen molar-refractivity contribution in [2.24, 2.45) is 0 Å². The van der Waals surface area contributed by atoms with Crippen LogP contribution >= 0.6 is 27.3 Å². The van der Waals surface area contributed by atoms with Gasteiger partial charge in [-0.15, -0.1) is 11.3 Å². The summed E-state index contributed by atoms with van der Waals surface area (Å²) in [6.07, 6.45) is 0. The molecule has 19 heavy (non-hydrogen) atoms. The Hall–Kier alpha value is -1.84. The zero-order chi connectivity index (χ0) is 14.0. The molecule has 0 unspecified atom stereocenters. The van der Waals surface area contributed by atoms with Crippen molar-refractivity contribution < 1.29 is 4.79 Å². The van der Waals surface area contributed by atoms with Crippen molar-refractivity contribution in [2.75, 3.05) is 11.1 Å². The smallest absolute Gasteiger partial charge is 0.265 e. The molecule has 1 aromatic heterocycles. The predicted octanol–water partition coefficient (Wildman–Crippen LogP) is 3.53. The number of nitriles is 1. The number of benzene rings is 1. The minimum absolute atomic E-state index is 0.236. The molecule has 0 aliphatic heterocycles. The first kappa shape index (κ1) is 13.6. The van der Waals surface area contributed by atoms with Crippen molar-refractivity contribution in [3.05, 3.63) is 44.1 Å². The molecule has 0 radical (unpaired) electrons. The molecule has 4 nitrogen and oxygen atoms in total. The Kier molecular flexibility index (Phi) is 3.88. The summed E-state index contributed by atoms with van der Waals surface area (Å²) in [6, 6.07) is 8.61. The molecule has 0 saturated heterocycles. The Morgan fingerprint density at radius 1 is 1.47 bits per heavy atom. The molecule has 2 rings (SSSR count). The summed E-state index contributed by atoms with van der Waals surface area (Å²) in [6.45, 7) is 1.92. The number of thiophene rings is 1. The first-order valence-electron chi connectivity index (χ1n) is 5.38. The van der Waals surface area contributed by atoms with Gasteiger partial charge in [-0.3, -0.25) is 4.79 Å². The third-order valence-corrected chi connectivity index (χ3v) is 4.63. The largest absolute Gasteiger partial charge is 0.399 e. The van der Waals surface area contributed by atoms with Crippen molar-refractivity contribution in [3.63, 3.8) is 0 Å². The topological polar surface area (TPSA) is 78.9 Å². The number of aryl methyl sites for hydroxylation is 1. The zero-order valence-corrected chi connectivity index (χ0v) is 12.4. The number of carbonyl (C=O) groups is 1. The molecule has 0 atom stereocenters. The molecule has 0 aliphatic rings. The fourth-order valence-electron chi connectivity index (χ4n) is 1.52. The Bertz CT molecular complexity index is 668. The molecule has 1 heterocycles. The van der Waals surface area contributed by atoms with Gasteiger partial charge in [-0.25, -0.2) is 0 Å². The number of nitrogens with one attached hydrogen (secondary N) is 1. The highest BCUT2D eigenvalue weighted by atomic mass is 79.9. The average Bonchev–Trinajstić information content (AvgIpc) is 2.72. The van der Waals surface area contributed by atoms with E-state index in [1.807, 2.05) is 13.0 Å². The quantitative estimate of drug-likeness (QED) is 0.824. The van der Waals surface area contributed by atoms with Gasteiger partial charge < -0.3 is 11.1 Å². The lowest BCUT2D eigenvalue weighted by Gasteiger charge is -2.06. The molecule has 6 heteroatoms. The van der Waals surface area contributed by atoms with Crippen LogP contribution in [0.5, 0.6) is 0 Å². The molecule has 0 spiro atoms. The molecule has 3 N–H and O–H groups in total. The number of carbonyl (C=O) groups excluding carboxylic acids is 1. The highest BCUT2D eigenvalue weighted by molar-refractivity contribution is 9.11. The van der Waals surface area contributed by atoms with Crippen LogP contribution in [0, 0.1) is 18.3 Å². The second kappa shape index (κ2) is 5.43. The summed E-state index contributed by atoms with van der Waals surface area (Å²) in [5.74, 6) is -0.236. The summed E-state index contributed by atoms with van der Waals surface area (Å²) >= 11 is 4.73. The van der Waals surface area contributed by atoms with E-state index < -0.39 is 0 Å². The Balaban J connectivity index is 2.27. The van der Waals surface area contributed by atoms with Gasteiger partial charge in [0.25, 0.3) is 5.91 Å². The van der Waals surface area contributed by atoms with Crippen LogP contribution in [-0.4, -0.2) is 5.91 Å². The maximum absolute atomic E-state index is 12.1. The minimum Gasteiger partial charge on any atom is -0.399 e. The molecule has 0 saturated carbocycles. The van der Waals surface area contributed by atoms with Crippen LogP contribution in [-0.2, 0) is 0 Å². The van der Waals surface area contributed by atoms with Gasteiger partial charge in [0.05, 0.1) is 19.9 Å². The molecule has 96 valence electrons. The SMILES string of the molecule is Cc1cc(C(=O)Nc2ccc(N)cc2C#N)sc1Br. The molecule has 0 aliphatic carbocycles. The van der Waals surface area contributed by atoms with E-state index in [9.17, 15) is 4.79 Å². The number of amides is 1. The Labute approximate surface area is 123 Å². The number of nitrogen functional groups attached to an aromatic ring is 1. The maximum Gasteiger partial charge on any atom is 0.265 e. The first-order chi connectivity index (χ1) is 9.01. The number of hydrogen-bond donors (Lipinski definition) is 2. The van der Waals surface area contributed by atoms with Crippen molar-refractivity contribution in [2.45, 2.75) is 6.92 Å². The standard InChI is InChI=1S/C13H10BrN3OS/c1-7-4-11(19-12(7)14)13(18)17-10-3-2-9(16)5-8(10)6-15/h2-5H,16H2,1H3,(H,17,18). The van der Waals surface area contributed by atoms with Crippen molar-refractivity contribution in [1.82, 2.24) is 0 Å². The molecular weight excluding hydrogens is 326 g/mol. The second-order valence-electron chi connectivity index (χ2n) is 3.94. The van der Waals surface area contributed by atoms with Gasteiger partial charge in [-0.1, -0.05) is 0 Å². The fourth-order valence-corrected chi connectivity index (χ4v) is 2.95. The van der Waals surface area contributed by atoms with E-state index in [-0.39, 0.29) is 5.91 Å². The molecule has 0 fully saturated rings. The van der Waals surface area contributed by atoms with Crippen LogP contribution in [0.4, 0.5) is 11.4 Å². The molecule has 1 amide bonds. The highest BCUT2D eigenvalue weighted by Crippen LogP contribution is 2.28. The van der Waals surface area contributed by atoms with Gasteiger partial charge in [0.15, 0.2) is 0 Å². The van der Waals surface area contributed by atoms with Gasteiger partial charge in [0.1, 0.15) is 6.07 Å². The Morgan fingerprint density at radius 2 is 2.21 bits per heavy atom. The third kappa shape index (κ3) is 2.95. The fraction of sp³-hybridized carbons (Fsp3) is 0.0769. The first-order valence-corrected chi connectivity index (χ1v) is 6.99. The van der Waals surface area contributed by atoms with E-state index in [2.05, 4.69) is 21.2 Å². The van der Waals surface area contributed by atoms with E-state index >= 15 is 0 Å². The van der Waals surface area contributed by atoms with Gasteiger partial charge in [0, 0.05) is 5.69 Å². The van der Waals surface area contributed by atoms with Crippen LogP contribution in [0.15, 0.2) is 28.1 Å². The highest BCUT2D eigenvalue weighted by Gasteiger charge is 2.13. The summed E-state index contributed by atoms with van der Waals surface area (Å²) in [4.78, 5) is 12.7. The minimum atomic E-state index is -0.236. The zero-order valence-electron chi connectivity index (χ0n) is 10.0. The lowest BCUT2D eigenvalue weighted by atomic mass is 10.1. The van der Waals surface area contributed by atoms with E-state index in [1.165, 1.54) is 17.4 Å². The van der Waals surface area contributed by atoms with E-state index in [4.69, 9.17) is 11.0 Å². The summed E-state index contributed by atoms with van der Waals surface area (Å²) < 4.78 is 0.926. The van der Waals surface area contributed by atoms with Gasteiger partial charge >= 0.3 is 0 Å². The van der Waals surface area contributed by atoms with Crippen molar-refractivity contribution in [1.29, 1.82) is 5.26 Å². The predicted molar refractivity (Wildman–Crippen MR) is 80.3 cm³/mol. The van der Waals surface area contributed by atoms with Gasteiger partial charge in [-0.05, 0) is 52.7 Å². The van der Waals surface area contributed by atoms with Crippen LogP contribution in [0.3, 0.4) is 0 Å². The van der Waals surface area contributed by atoms with Crippen molar-refractivity contribution >= 4 is 44.5 Å². The molecular formula is C13H10BrN3OS. The number of anilines is 2. The van der Waals surface area contributed by atoms with Crippen molar-refractivity contribution in [3.8, 4) is 6.07 Å². The Morgan fingerprint density at radius 3 is 2.79 bits per heavy atom. The average molecular weight is 336 g/mol. The molecule has 0 bridgehead atoms. The second-order valence-corrected chi connectivity index (χ2v) is 6.31. The van der Waals surface area contributed by atoms with E-state index in [1.54, 1.807) is 18.2 Å². The number of nitrogens with two attached hydrogens (primary N) is 1. The number of nitrogens with zero attached hydrogens (tertiary/aromatic N) is 1. The van der Waals surface area contributed by atoms with E-state index in [0.717, 1.165) is 9.35 Å². The monoisotopic (exact) mass is 335 g/mol. The van der Waals surface area contributed by atoms with Crippen LogP contribution in [0.2, 0.25) is 0 Å². The number of halogens is 1. The third-order valence-electron chi connectivity index (χ3n) is 2.49. The maximum atomic E-state index is 12.1. The van der Waals surface area contributed by atoms with Crippen LogP contribution in [0.25, 0.3) is 0 Å². The van der Waals surface area contributed by atoms with Gasteiger partial charge in [0.2, 0.25) is 0 Å². The van der Waals surface area contributed by atoms with Crippen LogP contribution < -0.4 is 11.1 Å².